The Balaban J connectivity index is 1.44. The Morgan fingerprint density at radius 3 is 2.84 bits per heavy atom. The van der Waals surface area contributed by atoms with Gasteiger partial charge in [-0.2, -0.15) is 0 Å². The normalized spacial score (nSPS) is 21.1. The van der Waals surface area contributed by atoms with Crippen molar-refractivity contribution in [3.63, 3.8) is 0 Å². The first kappa shape index (κ1) is 16.2. The van der Waals surface area contributed by atoms with Gasteiger partial charge in [0.15, 0.2) is 0 Å². The highest BCUT2D eigenvalue weighted by Gasteiger charge is 2.54. The molecule has 7 heteroatoms. The van der Waals surface area contributed by atoms with Gasteiger partial charge in [0.2, 0.25) is 5.91 Å². The van der Waals surface area contributed by atoms with E-state index in [0.717, 1.165) is 25.0 Å². The number of nitrogens with zero attached hydrogens (tertiary/aromatic N) is 3. The van der Waals surface area contributed by atoms with E-state index in [1.54, 1.807) is 22.0 Å². The molecule has 2 aliphatic rings. The molecule has 2 amide bonds. The maximum atomic E-state index is 12.8. The molecule has 1 aliphatic carbocycles. The highest BCUT2D eigenvalue weighted by Crippen LogP contribution is 2.51. The van der Waals surface area contributed by atoms with E-state index in [2.05, 4.69) is 15.3 Å². The number of rotatable bonds is 4. The van der Waals surface area contributed by atoms with Crippen LogP contribution in [0.25, 0.3) is 0 Å². The zero-order valence-corrected chi connectivity index (χ0v) is 14.7. The number of carbonyl (C=O) groups excluding carboxylic acids is 2. The Labute approximate surface area is 150 Å². The van der Waals surface area contributed by atoms with Gasteiger partial charge >= 0.3 is 0 Å². The van der Waals surface area contributed by atoms with Crippen molar-refractivity contribution in [2.24, 2.45) is 11.3 Å². The number of nitrogens with one attached hydrogen (secondary N) is 1. The molecule has 130 valence electrons. The lowest BCUT2D eigenvalue weighted by Crippen LogP contribution is -2.45. The lowest BCUT2D eigenvalue weighted by molar-refractivity contribution is -0.129. The van der Waals surface area contributed by atoms with Crippen molar-refractivity contribution in [1.82, 2.24) is 20.2 Å². The van der Waals surface area contributed by atoms with Gasteiger partial charge in [0, 0.05) is 30.1 Å². The molecule has 0 radical (unpaired) electrons. The van der Waals surface area contributed by atoms with E-state index in [1.807, 2.05) is 18.2 Å². The van der Waals surface area contributed by atoms with E-state index in [0.29, 0.717) is 25.3 Å². The SMILES string of the molecule is O=C(NCc1ccccn1)C1CN(C(=O)c2cscn2)CC12CCC2. The Hall–Kier alpha value is -2.28. The van der Waals surface area contributed by atoms with E-state index in [1.165, 1.54) is 11.3 Å². The van der Waals surface area contributed by atoms with Crippen molar-refractivity contribution in [1.29, 1.82) is 0 Å². The van der Waals surface area contributed by atoms with Crippen LogP contribution in [0.4, 0.5) is 0 Å². The first-order valence-corrected chi connectivity index (χ1v) is 9.47. The quantitative estimate of drug-likeness (QED) is 0.910. The van der Waals surface area contributed by atoms with Gasteiger partial charge < -0.3 is 10.2 Å². The lowest BCUT2D eigenvalue weighted by Gasteiger charge is -2.41. The molecular formula is C18H20N4O2S. The lowest BCUT2D eigenvalue weighted by atomic mass is 9.62. The fraction of sp³-hybridized carbons (Fsp3) is 0.444. The minimum Gasteiger partial charge on any atom is -0.350 e. The van der Waals surface area contributed by atoms with Crippen LogP contribution < -0.4 is 5.32 Å². The van der Waals surface area contributed by atoms with Crippen LogP contribution in [0.2, 0.25) is 0 Å². The van der Waals surface area contributed by atoms with Gasteiger partial charge in [0.25, 0.3) is 5.91 Å². The van der Waals surface area contributed by atoms with Crippen molar-refractivity contribution >= 4 is 23.2 Å². The van der Waals surface area contributed by atoms with Crippen LogP contribution in [0.15, 0.2) is 35.3 Å². The monoisotopic (exact) mass is 356 g/mol. The summed E-state index contributed by atoms with van der Waals surface area (Å²) >= 11 is 1.41. The van der Waals surface area contributed by atoms with Crippen molar-refractivity contribution in [3.05, 3.63) is 46.7 Å². The molecule has 0 bridgehead atoms. The van der Waals surface area contributed by atoms with E-state index in [9.17, 15) is 9.59 Å². The number of amides is 2. The summed E-state index contributed by atoms with van der Waals surface area (Å²) in [5.41, 5.74) is 2.93. The van der Waals surface area contributed by atoms with Crippen LogP contribution in [0.1, 0.15) is 35.4 Å². The summed E-state index contributed by atoms with van der Waals surface area (Å²) in [4.78, 5) is 35.6. The second-order valence-corrected chi connectivity index (χ2v) is 7.59. The molecule has 1 saturated carbocycles. The molecule has 0 aromatic carbocycles. The smallest absolute Gasteiger partial charge is 0.273 e. The predicted molar refractivity (Wildman–Crippen MR) is 93.9 cm³/mol. The molecule has 4 rings (SSSR count). The number of pyridine rings is 1. The van der Waals surface area contributed by atoms with Crippen LogP contribution in [-0.2, 0) is 11.3 Å². The number of carbonyl (C=O) groups is 2. The Morgan fingerprint density at radius 2 is 2.20 bits per heavy atom. The molecular weight excluding hydrogens is 336 g/mol. The van der Waals surface area contributed by atoms with Crippen LogP contribution in [0, 0.1) is 11.3 Å². The Morgan fingerprint density at radius 1 is 1.32 bits per heavy atom. The predicted octanol–water partition coefficient (Wildman–Crippen LogP) is 2.10. The first-order chi connectivity index (χ1) is 12.2. The third-order valence-electron chi connectivity index (χ3n) is 5.42. The average molecular weight is 356 g/mol. The van der Waals surface area contributed by atoms with Gasteiger partial charge in [-0.3, -0.25) is 14.6 Å². The first-order valence-electron chi connectivity index (χ1n) is 8.53. The van der Waals surface area contributed by atoms with Crippen molar-refractivity contribution in [2.45, 2.75) is 25.8 Å². The molecule has 1 aliphatic heterocycles. The molecule has 3 heterocycles. The average Bonchev–Trinajstić information content (AvgIpc) is 3.27. The summed E-state index contributed by atoms with van der Waals surface area (Å²) in [6.45, 7) is 1.56. The fourth-order valence-corrected chi connectivity index (χ4v) is 4.43. The molecule has 1 N–H and O–H groups in total. The molecule has 2 fully saturated rings. The zero-order valence-electron chi connectivity index (χ0n) is 13.9. The highest BCUT2D eigenvalue weighted by molar-refractivity contribution is 7.07. The molecule has 1 atom stereocenters. The zero-order chi connectivity index (χ0) is 17.3. The van der Waals surface area contributed by atoms with Crippen molar-refractivity contribution in [2.75, 3.05) is 13.1 Å². The Kier molecular flexibility index (Phi) is 4.25. The third kappa shape index (κ3) is 3.04. The number of likely N-dealkylation sites (tertiary alicyclic amines) is 1. The number of hydrogen-bond donors (Lipinski definition) is 1. The van der Waals surface area contributed by atoms with E-state index in [4.69, 9.17) is 0 Å². The van der Waals surface area contributed by atoms with Gasteiger partial charge in [-0.25, -0.2) is 4.98 Å². The van der Waals surface area contributed by atoms with Crippen molar-refractivity contribution in [3.8, 4) is 0 Å². The molecule has 2 aromatic heterocycles. The van der Waals surface area contributed by atoms with E-state index >= 15 is 0 Å². The Bertz CT molecular complexity index is 759. The minimum absolute atomic E-state index is 0.0268. The van der Waals surface area contributed by atoms with E-state index in [-0.39, 0.29) is 23.1 Å². The van der Waals surface area contributed by atoms with Gasteiger partial charge in [-0.05, 0) is 25.0 Å². The van der Waals surface area contributed by atoms with Crippen LogP contribution in [0.3, 0.4) is 0 Å². The summed E-state index contributed by atoms with van der Waals surface area (Å²) < 4.78 is 0. The van der Waals surface area contributed by atoms with Crippen LogP contribution >= 0.6 is 11.3 Å². The second kappa shape index (κ2) is 6.55. The number of thiazole rings is 1. The largest absolute Gasteiger partial charge is 0.350 e. The highest BCUT2D eigenvalue weighted by atomic mass is 32.1. The summed E-state index contributed by atoms with van der Waals surface area (Å²) in [5, 5.41) is 4.77. The maximum absolute atomic E-state index is 12.8. The maximum Gasteiger partial charge on any atom is 0.273 e. The number of hydrogen-bond acceptors (Lipinski definition) is 5. The molecule has 1 spiro atoms. The standard InChI is InChI=1S/C18H20N4O2S/c23-16(20-8-13-4-1-2-7-19-13)14-9-22(11-18(14)5-3-6-18)17(24)15-10-25-12-21-15/h1-2,4,7,10,12,14H,3,5-6,8-9,11H2,(H,20,23). The summed E-state index contributed by atoms with van der Waals surface area (Å²) in [5.74, 6) is -0.181. The van der Waals surface area contributed by atoms with Gasteiger partial charge in [0.1, 0.15) is 5.69 Å². The molecule has 25 heavy (non-hydrogen) atoms. The second-order valence-electron chi connectivity index (χ2n) is 6.87. The third-order valence-corrected chi connectivity index (χ3v) is 6.01. The molecule has 1 unspecified atom stereocenters. The summed E-state index contributed by atoms with van der Waals surface area (Å²) in [6.07, 6.45) is 4.87. The molecule has 1 saturated heterocycles. The van der Waals surface area contributed by atoms with Gasteiger partial charge in [0.05, 0.1) is 23.7 Å². The van der Waals surface area contributed by atoms with Crippen LogP contribution in [-0.4, -0.2) is 39.8 Å². The molecule has 6 nitrogen and oxygen atoms in total. The summed E-state index contributed by atoms with van der Waals surface area (Å²) in [6, 6.07) is 5.66. The van der Waals surface area contributed by atoms with Crippen molar-refractivity contribution < 1.29 is 9.59 Å². The van der Waals surface area contributed by atoms with Gasteiger partial charge in [-0.15, -0.1) is 11.3 Å². The minimum atomic E-state index is -0.146. The van der Waals surface area contributed by atoms with Crippen LogP contribution in [0.5, 0.6) is 0 Å². The topological polar surface area (TPSA) is 75.2 Å². The number of aromatic nitrogens is 2. The summed E-state index contributed by atoms with van der Waals surface area (Å²) in [7, 11) is 0. The van der Waals surface area contributed by atoms with Gasteiger partial charge in [-0.1, -0.05) is 12.5 Å². The fourth-order valence-electron chi connectivity index (χ4n) is 3.91. The molecule has 2 aromatic rings. The van der Waals surface area contributed by atoms with E-state index < -0.39 is 0 Å².